The highest BCUT2D eigenvalue weighted by Crippen LogP contribution is 2.32. The number of carbonyl (C=O) groups is 1. The van der Waals surface area contributed by atoms with Gasteiger partial charge in [0.25, 0.3) is 5.22 Å². The summed E-state index contributed by atoms with van der Waals surface area (Å²) in [4.78, 5) is 12.8. The van der Waals surface area contributed by atoms with Crippen molar-refractivity contribution in [1.82, 2.24) is 14.5 Å². The molecule has 11 heteroatoms. The number of ketones is 1. The number of thioether (sulfide) groups is 1. The molecule has 3 heterocycles. The number of hydrogen-bond acceptors (Lipinski definition) is 9. The molecule has 0 N–H and O–H groups in total. The molecule has 2 aromatic carbocycles. The van der Waals surface area contributed by atoms with E-state index in [0.717, 1.165) is 24.6 Å². The lowest BCUT2D eigenvalue weighted by Gasteiger charge is -2.18. The molecule has 0 aliphatic carbocycles. The van der Waals surface area contributed by atoms with Crippen molar-refractivity contribution in [2.24, 2.45) is 0 Å². The van der Waals surface area contributed by atoms with E-state index in [9.17, 15) is 13.2 Å². The summed E-state index contributed by atoms with van der Waals surface area (Å²) in [6, 6.07) is 11.5. The molecule has 0 bridgehead atoms. The molecule has 5 rings (SSSR count). The molecule has 1 saturated heterocycles. The lowest BCUT2D eigenvalue weighted by Crippen LogP contribution is -2.27. The maximum absolute atomic E-state index is 12.7. The second-order valence-corrected chi connectivity index (χ2v) is 10.4. The fourth-order valence-electron chi connectivity index (χ4n) is 3.66. The number of carbonyl (C=O) groups excluding carboxylic acids is 1. The molecule has 0 saturated carbocycles. The van der Waals surface area contributed by atoms with Crippen molar-refractivity contribution in [3.63, 3.8) is 0 Å². The number of nitrogens with zero attached hydrogens (tertiary/aromatic N) is 3. The van der Waals surface area contributed by atoms with Crippen LogP contribution in [0.5, 0.6) is 11.5 Å². The molecule has 2 aliphatic heterocycles. The molecule has 2 aliphatic rings. The van der Waals surface area contributed by atoms with E-state index >= 15 is 0 Å². The van der Waals surface area contributed by atoms with Crippen molar-refractivity contribution >= 4 is 27.6 Å². The van der Waals surface area contributed by atoms with Gasteiger partial charge in [-0.3, -0.25) is 4.79 Å². The average molecular weight is 488 g/mol. The molecular weight excluding hydrogens is 466 g/mol. The van der Waals surface area contributed by atoms with Gasteiger partial charge in [0.1, 0.15) is 13.2 Å². The third-order valence-electron chi connectivity index (χ3n) is 5.40. The summed E-state index contributed by atoms with van der Waals surface area (Å²) in [5, 5.41) is 8.26. The number of fused-ring (bicyclic) bond motifs is 1. The van der Waals surface area contributed by atoms with Gasteiger partial charge in [-0.05, 0) is 55.3 Å². The van der Waals surface area contributed by atoms with Crippen molar-refractivity contribution in [3.8, 4) is 23.0 Å². The first kappa shape index (κ1) is 21.9. The van der Waals surface area contributed by atoms with Gasteiger partial charge in [-0.25, -0.2) is 8.42 Å². The number of sulfonamides is 1. The van der Waals surface area contributed by atoms with Crippen LogP contribution in [0.1, 0.15) is 23.2 Å². The number of rotatable bonds is 7. The minimum atomic E-state index is -3.47. The highest BCUT2D eigenvalue weighted by Gasteiger charge is 2.27. The van der Waals surface area contributed by atoms with Crippen LogP contribution < -0.4 is 9.47 Å². The molecule has 33 heavy (non-hydrogen) atoms. The number of aromatic nitrogens is 2. The molecular formula is C22H21N3O6S2. The molecule has 172 valence electrons. The van der Waals surface area contributed by atoms with Gasteiger partial charge in [-0.2, -0.15) is 4.31 Å². The monoisotopic (exact) mass is 487 g/mol. The second kappa shape index (κ2) is 9.16. The third-order valence-corrected chi connectivity index (χ3v) is 8.13. The van der Waals surface area contributed by atoms with Gasteiger partial charge >= 0.3 is 0 Å². The van der Waals surface area contributed by atoms with E-state index in [0.29, 0.717) is 48.9 Å². The van der Waals surface area contributed by atoms with E-state index in [1.165, 1.54) is 4.31 Å². The molecule has 9 nitrogen and oxygen atoms in total. The van der Waals surface area contributed by atoms with Crippen molar-refractivity contribution in [3.05, 3.63) is 48.0 Å². The minimum absolute atomic E-state index is 0.104. The van der Waals surface area contributed by atoms with Crippen molar-refractivity contribution in [2.45, 2.75) is 23.0 Å². The van der Waals surface area contributed by atoms with Gasteiger partial charge in [-0.15, -0.1) is 10.2 Å². The van der Waals surface area contributed by atoms with Crippen LogP contribution in [0.25, 0.3) is 11.5 Å². The van der Waals surface area contributed by atoms with Gasteiger partial charge in [0.05, 0.1) is 10.6 Å². The molecule has 0 radical (unpaired) electrons. The molecule has 0 amide bonds. The van der Waals surface area contributed by atoms with E-state index in [-0.39, 0.29) is 27.5 Å². The molecule has 0 unspecified atom stereocenters. The van der Waals surface area contributed by atoms with Crippen LogP contribution in [0.2, 0.25) is 0 Å². The number of Topliss-reactive ketones (excluding diaryl/α,β-unsaturated/α-hetero) is 1. The van der Waals surface area contributed by atoms with Crippen LogP contribution >= 0.6 is 11.8 Å². The lowest BCUT2D eigenvalue weighted by molar-refractivity contribution is 0.102. The zero-order chi connectivity index (χ0) is 22.8. The van der Waals surface area contributed by atoms with Crippen LogP contribution in [0.4, 0.5) is 0 Å². The number of hydrogen-bond donors (Lipinski definition) is 0. The highest BCUT2D eigenvalue weighted by molar-refractivity contribution is 7.99. The Kier molecular flexibility index (Phi) is 6.09. The standard InChI is InChI=1S/C22H21N3O6S2/c26-18(16-5-8-19-20(13-16)30-12-11-29-19)14-32-22-24-23-21(31-22)15-3-6-17(7-4-15)33(27,28)25-9-1-2-10-25/h3-8,13H,1-2,9-12,14H2. The predicted octanol–water partition coefficient (Wildman–Crippen LogP) is 3.27. The Morgan fingerprint density at radius 2 is 1.70 bits per heavy atom. The topological polar surface area (TPSA) is 112 Å². The van der Waals surface area contributed by atoms with Crippen LogP contribution in [-0.2, 0) is 10.0 Å². The molecule has 3 aromatic rings. The van der Waals surface area contributed by atoms with E-state index in [2.05, 4.69) is 10.2 Å². The first-order valence-corrected chi connectivity index (χ1v) is 12.9. The highest BCUT2D eigenvalue weighted by atomic mass is 32.2. The Balaban J connectivity index is 1.23. The molecule has 0 spiro atoms. The SMILES string of the molecule is O=C(CSc1nnc(-c2ccc(S(=O)(=O)N3CCCC3)cc2)o1)c1ccc2c(c1)OCCO2. The van der Waals surface area contributed by atoms with Crippen LogP contribution in [-0.4, -0.2) is 60.8 Å². The first-order chi connectivity index (χ1) is 16.0. The number of ether oxygens (including phenoxy) is 2. The van der Waals surface area contributed by atoms with Crippen LogP contribution in [0.3, 0.4) is 0 Å². The Hall–Kier alpha value is -2.89. The van der Waals surface area contributed by atoms with Crippen LogP contribution in [0.15, 0.2) is 57.0 Å². The van der Waals surface area contributed by atoms with Gasteiger partial charge < -0.3 is 13.9 Å². The van der Waals surface area contributed by atoms with E-state index in [1.54, 1.807) is 42.5 Å². The summed E-state index contributed by atoms with van der Waals surface area (Å²) >= 11 is 1.14. The fraction of sp³-hybridized carbons (Fsp3) is 0.318. The van der Waals surface area contributed by atoms with Gasteiger partial charge in [0, 0.05) is 24.2 Å². The lowest BCUT2D eigenvalue weighted by atomic mass is 10.1. The van der Waals surface area contributed by atoms with Crippen molar-refractivity contribution < 1.29 is 27.1 Å². The predicted molar refractivity (Wildman–Crippen MR) is 120 cm³/mol. The molecule has 1 fully saturated rings. The summed E-state index contributed by atoms with van der Waals surface area (Å²) in [6.45, 7) is 2.06. The Labute approximate surface area is 195 Å². The quantitative estimate of drug-likeness (QED) is 0.366. The molecule has 0 atom stereocenters. The minimum Gasteiger partial charge on any atom is -0.486 e. The van der Waals surface area contributed by atoms with Gasteiger partial charge in [0.15, 0.2) is 17.3 Å². The number of benzene rings is 2. The van der Waals surface area contributed by atoms with E-state index in [1.807, 2.05) is 0 Å². The first-order valence-electron chi connectivity index (χ1n) is 10.5. The maximum atomic E-state index is 12.7. The fourth-order valence-corrected chi connectivity index (χ4v) is 5.83. The summed E-state index contributed by atoms with van der Waals surface area (Å²) in [5.74, 6) is 1.47. The zero-order valence-electron chi connectivity index (χ0n) is 17.6. The zero-order valence-corrected chi connectivity index (χ0v) is 19.2. The Bertz CT molecular complexity index is 1270. The van der Waals surface area contributed by atoms with E-state index < -0.39 is 10.0 Å². The Morgan fingerprint density at radius 1 is 0.970 bits per heavy atom. The summed E-state index contributed by atoms with van der Waals surface area (Å²) in [6.07, 6.45) is 1.77. The Morgan fingerprint density at radius 3 is 2.45 bits per heavy atom. The van der Waals surface area contributed by atoms with Gasteiger partial charge in [-0.1, -0.05) is 11.8 Å². The normalized spacial score (nSPS) is 16.1. The second-order valence-electron chi connectivity index (χ2n) is 7.58. The maximum Gasteiger partial charge on any atom is 0.277 e. The average Bonchev–Trinajstić information content (AvgIpc) is 3.55. The summed E-state index contributed by atoms with van der Waals surface area (Å²) in [5.41, 5.74) is 1.12. The van der Waals surface area contributed by atoms with Crippen molar-refractivity contribution in [1.29, 1.82) is 0 Å². The van der Waals surface area contributed by atoms with Gasteiger partial charge in [0.2, 0.25) is 15.9 Å². The van der Waals surface area contributed by atoms with Crippen molar-refractivity contribution in [2.75, 3.05) is 32.1 Å². The smallest absolute Gasteiger partial charge is 0.277 e. The van der Waals surface area contributed by atoms with Crippen LogP contribution in [0, 0.1) is 0 Å². The third kappa shape index (κ3) is 4.61. The summed E-state index contributed by atoms with van der Waals surface area (Å²) in [7, 11) is -3.47. The largest absolute Gasteiger partial charge is 0.486 e. The van der Waals surface area contributed by atoms with E-state index in [4.69, 9.17) is 13.9 Å². The molecule has 1 aromatic heterocycles. The summed E-state index contributed by atoms with van der Waals surface area (Å²) < 4.78 is 43.5.